The van der Waals surface area contributed by atoms with Crippen molar-refractivity contribution in [2.24, 2.45) is 0 Å². The molecule has 2 nitrogen and oxygen atoms in total. The molecule has 0 spiro atoms. The smallest absolute Gasteiger partial charge is 0.166 e. The van der Waals surface area contributed by atoms with Gasteiger partial charge in [-0.3, -0.25) is 0 Å². The quantitative estimate of drug-likeness (QED) is 0.670. The molecule has 1 heterocycles. The van der Waals surface area contributed by atoms with Gasteiger partial charge in [0.25, 0.3) is 0 Å². The van der Waals surface area contributed by atoms with Crippen LogP contribution in [-0.2, 0) is 6.18 Å². The van der Waals surface area contributed by atoms with E-state index in [1.54, 1.807) is 6.92 Å². The number of fused-ring (bicyclic) bond motifs is 1. The predicted molar refractivity (Wildman–Crippen MR) is 49.3 cm³/mol. The van der Waals surface area contributed by atoms with Crippen molar-refractivity contribution in [1.82, 2.24) is 10.2 Å². The number of aromatic nitrogens is 2. The lowest BCUT2D eigenvalue weighted by Crippen LogP contribution is -2.04. The molecule has 0 bridgehead atoms. The topological polar surface area (TPSA) is 25.8 Å². The standard InChI is InChI=1S/C10H7F3N2/c1-6-9-4-8(10(11,12)13)3-2-7(9)5-14-15-6/h2-5H,1H3. The van der Waals surface area contributed by atoms with Gasteiger partial charge in [0.15, 0.2) is 0 Å². The monoisotopic (exact) mass is 212 g/mol. The highest BCUT2D eigenvalue weighted by Crippen LogP contribution is 2.31. The molecule has 0 fully saturated rings. The minimum absolute atomic E-state index is 0.486. The molecule has 0 unspecified atom stereocenters. The first kappa shape index (κ1) is 9.89. The molecular weight excluding hydrogens is 205 g/mol. The summed E-state index contributed by atoms with van der Waals surface area (Å²) >= 11 is 0. The normalized spacial score (nSPS) is 12.0. The number of aryl methyl sites for hydroxylation is 1. The maximum absolute atomic E-state index is 12.4. The van der Waals surface area contributed by atoms with Crippen LogP contribution in [0.1, 0.15) is 11.3 Å². The lowest BCUT2D eigenvalue weighted by Gasteiger charge is -2.07. The Morgan fingerprint density at radius 2 is 1.93 bits per heavy atom. The molecule has 2 aromatic rings. The van der Waals surface area contributed by atoms with Gasteiger partial charge in [-0.15, -0.1) is 0 Å². The van der Waals surface area contributed by atoms with Crippen LogP contribution in [0.15, 0.2) is 24.4 Å². The van der Waals surface area contributed by atoms with Crippen LogP contribution in [0.2, 0.25) is 0 Å². The molecule has 1 aromatic carbocycles. The average Bonchev–Trinajstić information content (AvgIpc) is 2.16. The van der Waals surface area contributed by atoms with Crippen LogP contribution in [0.3, 0.4) is 0 Å². The highest BCUT2D eigenvalue weighted by molar-refractivity contribution is 5.84. The Morgan fingerprint density at radius 1 is 1.20 bits per heavy atom. The van der Waals surface area contributed by atoms with Crippen LogP contribution >= 0.6 is 0 Å². The number of alkyl halides is 3. The summed E-state index contributed by atoms with van der Waals surface area (Å²) in [5, 5.41) is 8.53. The molecule has 15 heavy (non-hydrogen) atoms. The van der Waals surface area contributed by atoms with E-state index in [0.717, 1.165) is 12.1 Å². The van der Waals surface area contributed by atoms with E-state index < -0.39 is 11.7 Å². The molecule has 0 radical (unpaired) electrons. The molecule has 0 saturated carbocycles. The lowest BCUT2D eigenvalue weighted by molar-refractivity contribution is -0.137. The van der Waals surface area contributed by atoms with Gasteiger partial charge < -0.3 is 0 Å². The molecular formula is C10H7F3N2. The van der Waals surface area contributed by atoms with Crippen molar-refractivity contribution in [3.8, 4) is 0 Å². The van der Waals surface area contributed by atoms with Crippen LogP contribution in [0, 0.1) is 6.92 Å². The Hall–Kier alpha value is -1.65. The van der Waals surface area contributed by atoms with Gasteiger partial charge in [0, 0.05) is 10.8 Å². The van der Waals surface area contributed by atoms with Crippen LogP contribution in [0.25, 0.3) is 10.8 Å². The number of nitrogens with zero attached hydrogens (tertiary/aromatic N) is 2. The molecule has 0 aliphatic carbocycles. The maximum atomic E-state index is 12.4. The predicted octanol–water partition coefficient (Wildman–Crippen LogP) is 2.96. The molecule has 0 aliphatic rings. The molecule has 0 aliphatic heterocycles. The number of rotatable bonds is 0. The van der Waals surface area contributed by atoms with Crippen LogP contribution in [-0.4, -0.2) is 10.2 Å². The summed E-state index contributed by atoms with van der Waals surface area (Å²) in [6.07, 6.45) is -2.87. The van der Waals surface area contributed by atoms with E-state index in [9.17, 15) is 13.2 Å². The van der Waals surface area contributed by atoms with E-state index in [0.29, 0.717) is 16.5 Å². The third-order valence-electron chi connectivity index (χ3n) is 2.17. The zero-order valence-corrected chi connectivity index (χ0v) is 7.84. The summed E-state index contributed by atoms with van der Waals surface area (Å²) < 4.78 is 37.2. The molecule has 0 atom stereocenters. The first-order chi connectivity index (χ1) is 6.98. The Morgan fingerprint density at radius 3 is 2.60 bits per heavy atom. The SMILES string of the molecule is Cc1nncc2ccc(C(F)(F)F)cc12. The molecule has 0 amide bonds. The molecule has 0 saturated heterocycles. The summed E-state index contributed by atoms with van der Waals surface area (Å²) in [7, 11) is 0. The number of hydrogen-bond donors (Lipinski definition) is 0. The second-order valence-corrected chi connectivity index (χ2v) is 3.23. The van der Waals surface area contributed by atoms with Crippen molar-refractivity contribution in [2.75, 3.05) is 0 Å². The Kier molecular flexibility index (Phi) is 2.10. The van der Waals surface area contributed by atoms with Gasteiger partial charge in [-0.05, 0) is 19.1 Å². The van der Waals surface area contributed by atoms with E-state index in [1.807, 2.05) is 0 Å². The highest BCUT2D eigenvalue weighted by atomic mass is 19.4. The largest absolute Gasteiger partial charge is 0.416 e. The van der Waals surface area contributed by atoms with Crippen molar-refractivity contribution < 1.29 is 13.2 Å². The third-order valence-corrected chi connectivity index (χ3v) is 2.17. The molecule has 0 N–H and O–H groups in total. The molecule has 2 rings (SSSR count). The van der Waals surface area contributed by atoms with Crippen LogP contribution in [0.4, 0.5) is 13.2 Å². The fourth-order valence-electron chi connectivity index (χ4n) is 1.39. The minimum Gasteiger partial charge on any atom is -0.166 e. The second-order valence-electron chi connectivity index (χ2n) is 3.23. The zero-order chi connectivity index (χ0) is 11.1. The summed E-state index contributed by atoms with van der Waals surface area (Å²) in [5.74, 6) is 0. The summed E-state index contributed by atoms with van der Waals surface area (Å²) in [6, 6.07) is 3.54. The van der Waals surface area contributed by atoms with Gasteiger partial charge >= 0.3 is 6.18 Å². The molecule has 5 heteroatoms. The van der Waals surface area contributed by atoms with Crippen molar-refractivity contribution >= 4 is 10.8 Å². The van der Waals surface area contributed by atoms with Gasteiger partial charge in [0.05, 0.1) is 17.5 Å². The lowest BCUT2D eigenvalue weighted by atomic mass is 10.1. The zero-order valence-electron chi connectivity index (χ0n) is 7.84. The van der Waals surface area contributed by atoms with Crippen molar-refractivity contribution in [1.29, 1.82) is 0 Å². The van der Waals surface area contributed by atoms with E-state index in [4.69, 9.17) is 0 Å². The number of hydrogen-bond acceptors (Lipinski definition) is 2. The Balaban J connectivity index is 2.70. The van der Waals surface area contributed by atoms with Gasteiger partial charge in [-0.1, -0.05) is 6.07 Å². The first-order valence-corrected chi connectivity index (χ1v) is 4.28. The summed E-state index contributed by atoms with van der Waals surface area (Å²) in [4.78, 5) is 0. The van der Waals surface area contributed by atoms with Crippen LogP contribution in [0.5, 0.6) is 0 Å². The van der Waals surface area contributed by atoms with Gasteiger partial charge in [0.1, 0.15) is 0 Å². The first-order valence-electron chi connectivity index (χ1n) is 4.28. The van der Waals surface area contributed by atoms with E-state index in [-0.39, 0.29) is 0 Å². The fraction of sp³-hybridized carbons (Fsp3) is 0.200. The Bertz CT molecular complexity index is 505. The molecule has 78 valence electrons. The summed E-state index contributed by atoms with van der Waals surface area (Å²) in [6.45, 7) is 1.63. The number of benzene rings is 1. The van der Waals surface area contributed by atoms with Crippen molar-refractivity contribution in [3.05, 3.63) is 35.7 Å². The summed E-state index contributed by atoms with van der Waals surface area (Å²) in [5.41, 5.74) is -0.162. The van der Waals surface area contributed by atoms with Gasteiger partial charge in [-0.2, -0.15) is 23.4 Å². The van der Waals surface area contributed by atoms with E-state index in [1.165, 1.54) is 12.3 Å². The second kappa shape index (κ2) is 3.18. The van der Waals surface area contributed by atoms with Gasteiger partial charge in [0.2, 0.25) is 0 Å². The van der Waals surface area contributed by atoms with Crippen molar-refractivity contribution in [3.63, 3.8) is 0 Å². The van der Waals surface area contributed by atoms with Crippen molar-refractivity contribution in [2.45, 2.75) is 13.1 Å². The fourth-order valence-corrected chi connectivity index (χ4v) is 1.39. The minimum atomic E-state index is -4.32. The highest BCUT2D eigenvalue weighted by Gasteiger charge is 2.30. The van der Waals surface area contributed by atoms with E-state index in [2.05, 4.69) is 10.2 Å². The average molecular weight is 212 g/mol. The Labute approximate surface area is 83.7 Å². The van der Waals surface area contributed by atoms with Gasteiger partial charge in [-0.25, -0.2) is 0 Å². The molecule has 1 aromatic heterocycles. The maximum Gasteiger partial charge on any atom is 0.416 e. The third kappa shape index (κ3) is 1.77. The van der Waals surface area contributed by atoms with Crippen LogP contribution < -0.4 is 0 Å². The number of halogens is 3. The van der Waals surface area contributed by atoms with E-state index >= 15 is 0 Å².